The standard InChI is InChI=1S/C15H21FN3O5P/c1-19-9-11-8-10(5-6-13(11)24-25(19,16)23)14(20)18-7-3-2-4-12(17)15(21)22/h5-6,8,12H,2-4,7,9,17H2,1H3,(H,18,20)(H,21,22)/t12-,25?/m0/s1. The number of halogens is 1. The fraction of sp³-hybridized carbons (Fsp3) is 0.467. The molecule has 1 amide bonds. The highest BCUT2D eigenvalue weighted by molar-refractivity contribution is 7.51. The van der Waals surface area contributed by atoms with Crippen LogP contribution >= 0.6 is 7.83 Å². The fourth-order valence-corrected chi connectivity index (χ4v) is 3.25. The van der Waals surface area contributed by atoms with Gasteiger partial charge >= 0.3 is 13.8 Å². The molecule has 2 atom stereocenters. The molecule has 10 heteroatoms. The van der Waals surface area contributed by atoms with Gasteiger partial charge in [-0.3, -0.25) is 9.59 Å². The summed E-state index contributed by atoms with van der Waals surface area (Å²) in [5.74, 6) is -1.17. The molecule has 1 aliphatic rings. The minimum Gasteiger partial charge on any atom is -0.480 e. The first-order chi connectivity index (χ1) is 11.7. The molecule has 0 radical (unpaired) electrons. The normalized spacial score (nSPS) is 21.1. The van der Waals surface area contributed by atoms with Gasteiger partial charge in [0.05, 0.1) is 0 Å². The average Bonchev–Trinajstić information content (AvgIpc) is 2.54. The molecule has 0 fully saturated rings. The Labute approximate surface area is 144 Å². The predicted octanol–water partition coefficient (Wildman–Crippen LogP) is 1.90. The number of hydrogen-bond acceptors (Lipinski definition) is 5. The molecule has 0 saturated carbocycles. The summed E-state index contributed by atoms with van der Waals surface area (Å²) >= 11 is 0. The summed E-state index contributed by atoms with van der Waals surface area (Å²) in [7, 11) is -2.96. The Balaban J connectivity index is 1.86. The average molecular weight is 373 g/mol. The third kappa shape index (κ3) is 5.01. The third-order valence-electron chi connectivity index (χ3n) is 3.89. The second-order valence-corrected chi connectivity index (χ2v) is 7.65. The number of amides is 1. The smallest absolute Gasteiger partial charge is 0.480 e. The number of carbonyl (C=O) groups excluding carboxylic acids is 1. The lowest BCUT2D eigenvalue weighted by molar-refractivity contribution is -0.138. The highest BCUT2D eigenvalue weighted by Gasteiger charge is 2.36. The first-order valence-corrected chi connectivity index (χ1v) is 9.28. The van der Waals surface area contributed by atoms with Gasteiger partial charge in [-0.2, -0.15) is 4.67 Å². The van der Waals surface area contributed by atoms with Crippen LogP contribution in [0, 0.1) is 0 Å². The van der Waals surface area contributed by atoms with E-state index in [9.17, 15) is 18.4 Å². The molecule has 1 aromatic carbocycles. The maximum atomic E-state index is 13.7. The van der Waals surface area contributed by atoms with Crippen LogP contribution in [0.5, 0.6) is 5.75 Å². The Bertz CT molecular complexity index is 714. The number of benzene rings is 1. The highest BCUT2D eigenvalue weighted by atomic mass is 31.2. The monoisotopic (exact) mass is 373 g/mol. The van der Waals surface area contributed by atoms with Crippen LogP contribution in [0.25, 0.3) is 0 Å². The number of nitrogens with zero attached hydrogens (tertiary/aromatic N) is 1. The van der Waals surface area contributed by atoms with Crippen molar-refractivity contribution >= 4 is 19.7 Å². The first kappa shape index (κ1) is 19.4. The van der Waals surface area contributed by atoms with Gasteiger partial charge in [0.1, 0.15) is 11.8 Å². The van der Waals surface area contributed by atoms with Gasteiger partial charge in [0.2, 0.25) is 0 Å². The Hall–Kier alpha value is -1.96. The van der Waals surface area contributed by atoms with Gasteiger partial charge in [-0.25, -0.2) is 4.57 Å². The van der Waals surface area contributed by atoms with E-state index in [-0.39, 0.29) is 18.2 Å². The molecule has 1 unspecified atom stereocenters. The van der Waals surface area contributed by atoms with Gasteiger partial charge in [0, 0.05) is 24.2 Å². The summed E-state index contributed by atoms with van der Waals surface area (Å²) in [6.07, 6.45) is 1.54. The van der Waals surface area contributed by atoms with Crippen molar-refractivity contribution in [2.75, 3.05) is 13.6 Å². The molecular formula is C15H21FN3O5P. The molecule has 1 aliphatic heterocycles. The molecule has 2 rings (SSSR count). The van der Waals surface area contributed by atoms with Gasteiger partial charge in [0.25, 0.3) is 5.91 Å². The number of aliphatic carboxylic acids is 1. The topological polar surface area (TPSA) is 122 Å². The zero-order chi connectivity index (χ0) is 18.6. The number of hydrogen-bond donors (Lipinski definition) is 3. The first-order valence-electron chi connectivity index (χ1n) is 7.81. The summed E-state index contributed by atoms with van der Waals surface area (Å²) in [4.78, 5) is 22.7. The molecule has 4 N–H and O–H groups in total. The van der Waals surface area contributed by atoms with E-state index in [0.29, 0.717) is 36.9 Å². The molecule has 0 bridgehead atoms. The van der Waals surface area contributed by atoms with E-state index in [4.69, 9.17) is 15.4 Å². The molecule has 1 heterocycles. The van der Waals surface area contributed by atoms with Crippen molar-refractivity contribution in [1.29, 1.82) is 0 Å². The molecule has 138 valence electrons. The Morgan fingerprint density at radius 2 is 2.20 bits per heavy atom. The van der Waals surface area contributed by atoms with Crippen LogP contribution in [0.1, 0.15) is 35.2 Å². The van der Waals surface area contributed by atoms with Crippen molar-refractivity contribution in [3.63, 3.8) is 0 Å². The molecule has 0 saturated heterocycles. The number of unbranched alkanes of at least 4 members (excludes halogenated alkanes) is 1. The highest BCUT2D eigenvalue weighted by Crippen LogP contribution is 2.56. The predicted molar refractivity (Wildman–Crippen MR) is 89.0 cm³/mol. The Morgan fingerprint density at radius 1 is 1.48 bits per heavy atom. The molecule has 8 nitrogen and oxygen atoms in total. The van der Waals surface area contributed by atoms with Gasteiger partial charge < -0.3 is 20.7 Å². The number of carboxylic acid groups (broad SMARTS) is 1. The van der Waals surface area contributed by atoms with Crippen LogP contribution in [-0.2, 0) is 15.9 Å². The van der Waals surface area contributed by atoms with Crippen molar-refractivity contribution < 1.29 is 28.0 Å². The summed E-state index contributed by atoms with van der Waals surface area (Å²) in [6, 6.07) is 3.58. The van der Waals surface area contributed by atoms with E-state index in [1.54, 1.807) is 6.07 Å². The molecule has 0 aromatic heterocycles. The minimum absolute atomic E-state index is 0.0807. The van der Waals surface area contributed by atoms with Crippen molar-refractivity contribution in [2.24, 2.45) is 5.73 Å². The van der Waals surface area contributed by atoms with Crippen LogP contribution in [0.4, 0.5) is 4.20 Å². The summed E-state index contributed by atoms with van der Waals surface area (Å²) < 4.78 is 31.1. The van der Waals surface area contributed by atoms with Crippen LogP contribution in [0.15, 0.2) is 18.2 Å². The lowest BCUT2D eigenvalue weighted by Crippen LogP contribution is -2.30. The van der Waals surface area contributed by atoms with Crippen LogP contribution in [0.3, 0.4) is 0 Å². The Morgan fingerprint density at radius 3 is 2.88 bits per heavy atom. The van der Waals surface area contributed by atoms with Gasteiger partial charge in [-0.05, 0) is 44.5 Å². The largest absolute Gasteiger partial charge is 0.499 e. The van der Waals surface area contributed by atoms with Crippen molar-refractivity contribution in [2.45, 2.75) is 31.8 Å². The van der Waals surface area contributed by atoms with Crippen LogP contribution < -0.4 is 15.6 Å². The van der Waals surface area contributed by atoms with E-state index in [2.05, 4.69) is 5.32 Å². The van der Waals surface area contributed by atoms with E-state index >= 15 is 0 Å². The van der Waals surface area contributed by atoms with E-state index in [0.717, 1.165) is 4.67 Å². The minimum atomic E-state index is -4.31. The third-order valence-corrected chi connectivity index (χ3v) is 5.26. The zero-order valence-corrected chi connectivity index (χ0v) is 14.7. The van der Waals surface area contributed by atoms with Crippen LogP contribution in [-0.4, -0.2) is 41.3 Å². The maximum absolute atomic E-state index is 13.7. The number of nitrogens with one attached hydrogen (secondary N) is 1. The van der Waals surface area contributed by atoms with Gasteiger partial charge in [-0.15, -0.1) is 4.20 Å². The lowest BCUT2D eigenvalue weighted by atomic mass is 10.1. The summed E-state index contributed by atoms with van der Waals surface area (Å²) in [5, 5.41) is 11.4. The number of nitrogens with two attached hydrogens (primary N) is 1. The maximum Gasteiger partial charge on any atom is 0.499 e. The molecule has 0 aliphatic carbocycles. The second-order valence-electron chi connectivity index (χ2n) is 5.88. The van der Waals surface area contributed by atoms with Crippen LogP contribution in [0.2, 0.25) is 0 Å². The number of carbonyl (C=O) groups is 2. The molecule has 0 spiro atoms. The number of carboxylic acids is 1. The Kier molecular flexibility index (Phi) is 6.16. The summed E-state index contributed by atoms with van der Waals surface area (Å²) in [5.41, 5.74) is 6.35. The van der Waals surface area contributed by atoms with Crippen molar-refractivity contribution in [3.8, 4) is 5.75 Å². The molecule has 25 heavy (non-hydrogen) atoms. The fourth-order valence-electron chi connectivity index (χ4n) is 2.37. The van der Waals surface area contributed by atoms with E-state index < -0.39 is 19.8 Å². The van der Waals surface area contributed by atoms with E-state index in [1.165, 1.54) is 19.2 Å². The SMILES string of the molecule is CN1Cc2cc(C(=O)NCCCC[C@H](N)C(=O)O)ccc2OP1(=O)F. The number of fused-ring (bicyclic) bond motifs is 1. The van der Waals surface area contributed by atoms with E-state index in [1.807, 2.05) is 0 Å². The quantitative estimate of drug-likeness (QED) is 0.493. The molecule has 1 aromatic rings. The zero-order valence-electron chi connectivity index (χ0n) is 13.8. The number of rotatable bonds is 7. The lowest BCUT2D eigenvalue weighted by Gasteiger charge is -2.28. The van der Waals surface area contributed by atoms with Crippen molar-refractivity contribution in [3.05, 3.63) is 29.3 Å². The second kappa shape index (κ2) is 7.95. The van der Waals surface area contributed by atoms with Gasteiger partial charge in [-0.1, -0.05) is 0 Å². The van der Waals surface area contributed by atoms with Gasteiger partial charge in [0.15, 0.2) is 0 Å². The molecular weight excluding hydrogens is 352 g/mol. The summed E-state index contributed by atoms with van der Waals surface area (Å²) in [6.45, 7) is 0.468. The van der Waals surface area contributed by atoms with Crippen molar-refractivity contribution in [1.82, 2.24) is 9.99 Å².